The van der Waals surface area contributed by atoms with Gasteiger partial charge in [0.2, 0.25) is 0 Å². The second-order valence-corrected chi connectivity index (χ2v) is 8.52. The third-order valence-electron chi connectivity index (χ3n) is 5.11. The van der Waals surface area contributed by atoms with E-state index in [1.54, 1.807) is 0 Å². The molecule has 0 aliphatic heterocycles. The average molecular weight is 485 g/mol. The van der Waals surface area contributed by atoms with E-state index in [-0.39, 0.29) is 17.2 Å². The van der Waals surface area contributed by atoms with Crippen molar-refractivity contribution in [2.75, 3.05) is 0 Å². The van der Waals surface area contributed by atoms with Crippen molar-refractivity contribution < 1.29 is 31.1 Å². The van der Waals surface area contributed by atoms with E-state index in [4.69, 9.17) is 0 Å². The van der Waals surface area contributed by atoms with Gasteiger partial charge in [-0.25, -0.2) is 0 Å². The van der Waals surface area contributed by atoms with Crippen LogP contribution in [-0.4, -0.2) is 37.8 Å². The van der Waals surface area contributed by atoms with Crippen molar-refractivity contribution in [3.63, 3.8) is 0 Å². The number of nitrogens with zero attached hydrogens (tertiary/aromatic N) is 4. The van der Waals surface area contributed by atoms with Crippen molar-refractivity contribution >= 4 is 5.91 Å². The van der Waals surface area contributed by atoms with Gasteiger partial charge in [-0.3, -0.25) is 4.79 Å². The molecule has 6 nitrogen and oxygen atoms in total. The van der Waals surface area contributed by atoms with Crippen molar-refractivity contribution in [1.29, 1.82) is 0 Å². The van der Waals surface area contributed by atoms with Gasteiger partial charge in [0.05, 0.1) is 11.3 Å². The van der Waals surface area contributed by atoms with Crippen molar-refractivity contribution in [1.82, 2.24) is 25.5 Å². The molecule has 34 heavy (non-hydrogen) atoms. The molecule has 0 aliphatic carbocycles. The first kappa shape index (κ1) is 25.2. The largest absolute Gasteiger partial charge is 0.416 e. The molecule has 0 radical (unpaired) electrons. The molecule has 0 saturated carbocycles. The van der Waals surface area contributed by atoms with E-state index in [9.17, 15) is 31.1 Å². The normalized spacial score (nSPS) is 12.8. The minimum atomic E-state index is -4.71. The fourth-order valence-corrected chi connectivity index (χ4v) is 3.05. The Hall–Kier alpha value is -3.44. The summed E-state index contributed by atoms with van der Waals surface area (Å²) >= 11 is 0. The zero-order valence-corrected chi connectivity index (χ0v) is 18.6. The minimum Gasteiger partial charge on any atom is -0.338 e. The SMILES string of the molecule is CC(C)c1nnnn1-c1cc(C(=O)NC(C)(C)C(F)(F)F)cc(-c2ccc(C(F)(F)F)cc2)c1. The van der Waals surface area contributed by atoms with E-state index in [2.05, 4.69) is 15.5 Å². The summed E-state index contributed by atoms with van der Waals surface area (Å²) in [7, 11) is 0. The molecule has 3 rings (SSSR count). The number of amides is 1. The van der Waals surface area contributed by atoms with Gasteiger partial charge >= 0.3 is 12.4 Å². The van der Waals surface area contributed by atoms with Gasteiger partial charge in [-0.1, -0.05) is 26.0 Å². The Morgan fingerprint density at radius 1 is 0.941 bits per heavy atom. The molecule has 0 unspecified atom stereocenters. The standard InChI is InChI=1S/C22H21F6N5O/c1-12(2)18-30-31-32-33(18)17-10-14(13-5-7-16(8-6-13)21(23,24)25)9-15(11-17)19(34)29-20(3,4)22(26,27)28/h5-12H,1-4H3,(H,29,34). The van der Waals surface area contributed by atoms with Gasteiger partial charge in [-0.15, -0.1) is 5.10 Å². The molecule has 0 bridgehead atoms. The third-order valence-corrected chi connectivity index (χ3v) is 5.11. The Kier molecular flexibility index (Phi) is 6.47. The number of carbonyl (C=O) groups excluding carboxylic acids is 1. The van der Waals surface area contributed by atoms with Crippen LogP contribution < -0.4 is 5.32 Å². The van der Waals surface area contributed by atoms with Gasteiger partial charge in [0, 0.05) is 11.5 Å². The van der Waals surface area contributed by atoms with Gasteiger partial charge in [0.25, 0.3) is 5.91 Å². The molecule has 0 spiro atoms. The van der Waals surface area contributed by atoms with Crippen LogP contribution in [0.15, 0.2) is 42.5 Å². The van der Waals surface area contributed by atoms with E-state index in [1.165, 1.54) is 35.0 Å². The summed E-state index contributed by atoms with van der Waals surface area (Å²) in [6.45, 7) is 5.29. The molecular formula is C22H21F6N5O. The number of nitrogens with one attached hydrogen (secondary N) is 1. The molecular weight excluding hydrogens is 464 g/mol. The first-order valence-electron chi connectivity index (χ1n) is 10.1. The molecule has 182 valence electrons. The highest BCUT2D eigenvalue weighted by atomic mass is 19.4. The van der Waals surface area contributed by atoms with Crippen LogP contribution in [0.4, 0.5) is 26.3 Å². The number of alkyl halides is 6. The number of aromatic nitrogens is 4. The molecule has 12 heteroatoms. The summed E-state index contributed by atoms with van der Waals surface area (Å²) in [6, 6.07) is 8.34. The molecule has 1 N–H and O–H groups in total. The molecule has 1 aromatic heterocycles. The lowest BCUT2D eigenvalue weighted by Gasteiger charge is -2.29. The number of hydrogen-bond acceptors (Lipinski definition) is 4. The third kappa shape index (κ3) is 5.20. The topological polar surface area (TPSA) is 72.7 Å². The van der Waals surface area contributed by atoms with Crippen LogP contribution in [0.2, 0.25) is 0 Å². The van der Waals surface area contributed by atoms with Gasteiger partial charge < -0.3 is 5.32 Å². The maximum Gasteiger partial charge on any atom is 0.416 e. The second kappa shape index (κ2) is 8.73. The van der Waals surface area contributed by atoms with Crippen LogP contribution in [-0.2, 0) is 6.18 Å². The van der Waals surface area contributed by atoms with Crippen LogP contribution in [0.3, 0.4) is 0 Å². The maximum absolute atomic E-state index is 13.3. The number of carbonyl (C=O) groups is 1. The summed E-state index contributed by atoms with van der Waals surface area (Å²) in [5.41, 5.74) is -2.65. The van der Waals surface area contributed by atoms with Crippen molar-refractivity contribution in [3.8, 4) is 16.8 Å². The van der Waals surface area contributed by atoms with E-state index in [1.807, 2.05) is 19.2 Å². The van der Waals surface area contributed by atoms with Gasteiger partial charge in [0.1, 0.15) is 5.54 Å². The highest BCUT2D eigenvalue weighted by Crippen LogP contribution is 2.33. The van der Waals surface area contributed by atoms with E-state index < -0.39 is 29.4 Å². The van der Waals surface area contributed by atoms with Crippen LogP contribution in [0, 0.1) is 0 Å². The van der Waals surface area contributed by atoms with Crippen molar-refractivity contribution in [2.45, 2.75) is 51.5 Å². The Morgan fingerprint density at radius 2 is 1.56 bits per heavy atom. The average Bonchev–Trinajstić information content (AvgIpc) is 3.22. The molecule has 2 aromatic carbocycles. The number of benzene rings is 2. The lowest BCUT2D eigenvalue weighted by Crippen LogP contribution is -2.54. The lowest BCUT2D eigenvalue weighted by molar-refractivity contribution is -0.182. The molecule has 0 saturated heterocycles. The molecule has 1 amide bonds. The molecule has 0 aliphatic rings. The summed E-state index contributed by atoms with van der Waals surface area (Å²) in [5, 5.41) is 13.4. The van der Waals surface area contributed by atoms with E-state index >= 15 is 0 Å². The smallest absolute Gasteiger partial charge is 0.338 e. The second-order valence-electron chi connectivity index (χ2n) is 8.52. The minimum absolute atomic E-state index is 0.133. The fourth-order valence-electron chi connectivity index (χ4n) is 3.05. The Bertz CT molecular complexity index is 1180. The van der Waals surface area contributed by atoms with E-state index in [0.29, 0.717) is 17.0 Å². The quantitative estimate of drug-likeness (QED) is 0.482. The number of tetrazole rings is 1. The summed E-state index contributed by atoms with van der Waals surface area (Å²) < 4.78 is 80.0. The van der Waals surface area contributed by atoms with Crippen LogP contribution in [0.25, 0.3) is 16.8 Å². The summed E-state index contributed by atoms with van der Waals surface area (Å²) in [6.07, 6.45) is -9.25. The zero-order chi connectivity index (χ0) is 25.5. The zero-order valence-electron chi connectivity index (χ0n) is 18.6. The Labute approximate surface area is 191 Å². The number of hydrogen-bond donors (Lipinski definition) is 1. The van der Waals surface area contributed by atoms with Gasteiger partial charge in [0.15, 0.2) is 5.82 Å². The molecule has 0 fully saturated rings. The van der Waals surface area contributed by atoms with Crippen molar-refractivity contribution in [3.05, 3.63) is 59.4 Å². The number of halogens is 6. The summed E-state index contributed by atoms with van der Waals surface area (Å²) in [4.78, 5) is 12.8. The van der Waals surface area contributed by atoms with Crippen LogP contribution in [0.1, 0.15) is 55.4 Å². The lowest BCUT2D eigenvalue weighted by atomic mass is 9.99. The highest BCUT2D eigenvalue weighted by Gasteiger charge is 2.48. The van der Waals surface area contributed by atoms with Gasteiger partial charge in [-0.2, -0.15) is 31.0 Å². The monoisotopic (exact) mass is 485 g/mol. The van der Waals surface area contributed by atoms with Gasteiger partial charge in [-0.05, 0) is 65.7 Å². The van der Waals surface area contributed by atoms with E-state index in [0.717, 1.165) is 26.0 Å². The number of rotatable bonds is 5. The Balaban J connectivity index is 2.13. The first-order valence-corrected chi connectivity index (χ1v) is 10.1. The first-order chi connectivity index (χ1) is 15.6. The highest BCUT2D eigenvalue weighted by molar-refractivity contribution is 5.96. The predicted molar refractivity (Wildman–Crippen MR) is 111 cm³/mol. The molecule has 0 atom stereocenters. The molecule has 1 heterocycles. The van der Waals surface area contributed by atoms with Crippen LogP contribution in [0.5, 0.6) is 0 Å². The predicted octanol–water partition coefficient (Wildman–Crippen LogP) is 5.54. The van der Waals surface area contributed by atoms with Crippen LogP contribution >= 0.6 is 0 Å². The Morgan fingerprint density at radius 3 is 2.09 bits per heavy atom. The maximum atomic E-state index is 13.3. The fraction of sp³-hybridized carbons (Fsp3) is 0.364. The summed E-state index contributed by atoms with van der Waals surface area (Å²) in [5.74, 6) is -0.728. The molecule has 3 aromatic rings. The van der Waals surface area contributed by atoms with Crippen molar-refractivity contribution in [2.24, 2.45) is 0 Å².